The zero-order valence-corrected chi connectivity index (χ0v) is 9.74. The van der Waals surface area contributed by atoms with Gasteiger partial charge in [0.1, 0.15) is 0 Å². The van der Waals surface area contributed by atoms with Crippen molar-refractivity contribution in [1.82, 2.24) is 0 Å². The first-order valence-electron chi connectivity index (χ1n) is 4.35. The lowest BCUT2D eigenvalue weighted by molar-refractivity contribution is -0.115. The number of hydrogen-bond donors (Lipinski definition) is 2. The van der Waals surface area contributed by atoms with Crippen LogP contribution in [-0.2, 0) is 4.79 Å². The van der Waals surface area contributed by atoms with Crippen LogP contribution in [0, 0.1) is 0 Å². The monoisotopic (exact) mass is 270 g/mol. The number of rotatable bonds is 3. The second-order valence-electron chi connectivity index (χ2n) is 3.05. The van der Waals surface area contributed by atoms with Crippen molar-refractivity contribution in [3.05, 3.63) is 29.8 Å². The van der Waals surface area contributed by atoms with Gasteiger partial charge in [-0.05, 0) is 31.2 Å². The molecule has 4 nitrogen and oxygen atoms in total. The molecule has 0 bridgehead atoms. The first-order chi connectivity index (χ1) is 7.00. The van der Waals surface area contributed by atoms with Gasteiger partial charge in [-0.2, -0.15) is 0 Å². The third-order valence-electron chi connectivity index (χ3n) is 1.80. The van der Waals surface area contributed by atoms with Crippen LogP contribution in [0.25, 0.3) is 0 Å². The highest BCUT2D eigenvalue weighted by molar-refractivity contribution is 9.10. The number of nitrogens with two attached hydrogens (primary N) is 1. The fourth-order valence-corrected chi connectivity index (χ4v) is 1.07. The molecule has 15 heavy (non-hydrogen) atoms. The van der Waals surface area contributed by atoms with Gasteiger partial charge in [0.2, 0.25) is 11.8 Å². The highest BCUT2D eigenvalue weighted by Crippen LogP contribution is 2.10. The van der Waals surface area contributed by atoms with Crippen molar-refractivity contribution in [1.29, 1.82) is 0 Å². The summed E-state index contributed by atoms with van der Waals surface area (Å²) in [7, 11) is 0. The van der Waals surface area contributed by atoms with E-state index in [1.54, 1.807) is 31.2 Å². The van der Waals surface area contributed by atoms with Crippen LogP contribution in [0.5, 0.6) is 0 Å². The minimum absolute atomic E-state index is 0.137. The van der Waals surface area contributed by atoms with E-state index in [1.807, 2.05) is 0 Å². The zero-order chi connectivity index (χ0) is 11.4. The van der Waals surface area contributed by atoms with Crippen LogP contribution in [0.3, 0.4) is 0 Å². The first-order valence-corrected chi connectivity index (χ1v) is 5.27. The zero-order valence-electron chi connectivity index (χ0n) is 8.16. The predicted octanol–water partition coefficient (Wildman–Crippen LogP) is 1.51. The standard InChI is InChI=1S/C10H11BrN2O2/c1-6(11)10(15)13-8-4-2-7(3-5-8)9(12)14/h2-6H,1H3,(H2,12,14)(H,13,15)/t6-/m1/s1. The molecular formula is C10H11BrN2O2. The maximum atomic E-state index is 11.3. The van der Waals surface area contributed by atoms with Crippen molar-refractivity contribution in [2.45, 2.75) is 11.8 Å². The van der Waals surface area contributed by atoms with Crippen LogP contribution in [-0.4, -0.2) is 16.6 Å². The molecule has 0 saturated heterocycles. The summed E-state index contributed by atoms with van der Waals surface area (Å²) in [6, 6.07) is 6.40. The lowest BCUT2D eigenvalue weighted by Gasteiger charge is -2.06. The molecule has 0 unspecified atom stereocenters. The summed E-state index contributed by atoms with van der Waals surface area (Å²) >= 11 is 3.15. The molecule has 1 aromatic carbocycles. The molecule has 0 saturated carbocycles. The lowest BCUT2D eigenvalue weighted by Crippen LogP contribution is -2.20. The predicted molar refractivity (Wildman–Crippen MR) is 62.0 cm³/mol. The van der Waals surface area contributed by atoms with Crippen molar-refractivity contribution < 1.29 is 9.59 Å². The van der Waals surface area contributed by atoms with Crippen LogP contribution in [0.1, 0.15) is 17.3 Å². The maximum absolute atomic E-state index is 11.3. The van der Waals surface area contributed by atoms with E-state index in [1.165, 1.54) is 0 Å². The first kappa shape index (κ1) is 11.7. The van der Waals surface area contributed by atoms with Gasteiger partial charge in [0.25, 0.3) is 0 Å². The Morgan fingerprint density at radius 3 is 2.27 bits per heavy atom. The SMILES string of the molecule is C[C@@H](Br)C(=O)Nc1ccc(C(N)=O)cc1. The van der Waals surface area contributed by atoms with E-state index in [0.29, 0.717) is 11.3 Å². The fourth-order valence-electron chi connectivity index (χ4n) is 0.960. The van der Waals surface area contributed by atoms with Crippen molar-refractivity contribution in [3.8, 4) is 0 Å². The number of carbonyl (C=O) groups excluding carboxylic acids is 2. The summed E-state index contributed by atoms with van der Waals surface area (Å²) in [5.74, 6) is -0.622. The van der Waals surface area contributed by atoms with Gasteiger partial charge in [-0.3, -0.25) is 9.59 Å². The molecule has 3 N–H and O–H groups in total. The lowest BCUT2D eigenvalue weighted by atomic mass is 10.2. The van der Waals surface area contributed by atoms with Gasteiger partial charge in [-0.15, -0.1) is 0 Å². The summed E-state index contributed by atoms with van der Waals surface area (Å²) in [4.78, 5) is 21.8. The Balaban J connectivity index is 2.73. The van der Waals surface area contributed by atoms with Crippen LogP contribution >= 0.6 is 15.9 Å². The third kappa shape index (κ3) is 3.36. The third-order valence-corrected chi connectivity index (χ3v) is 2.21. The molecule has 0 aromatic heterocycles. The van der Waals surface area contributed by atoms with Crippen LogP contribution < -0.4 is 11.1 Å². The number of nitrogens with one attached hydrogen (secondary N) is 1. The molecule has 0 heterocycles. The maximum Gasteiger partial charge on any atom is 0.248 e. The smallest absolute Gasteiger partial charge is 0.248 e. The molecule has 5 heteroatoms. The Labute approximate surface area is 96.0 Å². The number of primary amides is 1. The summed E-state index contributed by atoms with van der Waals surface area (Å²) in [5.41, 5.74) is 6.13. The second kappa shape index (κ2) is 4.93. The van der Waals surface area contributed by atoms with Gasteiger partial charge in [0.15, 0.2) is 0 Å². The molecule has 0 spiro atoms. The number of alkyl halides is 1. The number of carbonyl (C=O) groups is 2. The molecular weight excluding hydrogens is 260 g/mol. The summed E-state index contributed by atoms with van der Waals surface area (Å²) < 4.78 is 0. The molecule has 80 valence electrons. The van der Waals surface area contributed by atoms with Crippen molar-refractivity contribution in [2.24, 2.45) is 5.73 Å². The Kier molecular flexibility index (Phi) is 3.85. The van der Waals surface area contributed by atoms with Crippen molar-refractivity contribution >= 4 is 33.4 Å². The minimum Gasteiger partial charge on any atom is -0.366 e. The second-order valence-corrected chi connectivity index (χ2v) is 4.42. The number of halogens is 1. The fraction of sp³-hybridized carbons (Fsp3) is 0.200. The molecule has 2 amide bonds. The Morgan fingerprint density at radius 1 is 1.33 bits per heavy atom. The quantitative estimate of drug-likeness (QED) is 0.818. The van der Waals surface area contributed by atoms with E-state index >= 15 is 0 Å². The molecule has 0 aliphatic heterocycles. The number of anilines is 1. The highest BCUT2D eigenvalue weighted by atomic mass is 79.9. The molecule has 0 radical (unpaired) electrons. The molecule has 1 atom stereocenters. The average Bonchev–Trinajstić information content (AvgIpc) is 2.18. The van der Waals surface area contributed by atoms with E-state index < -0.39 is 5.91 Å². The number of hydrogen-bond acceptors (Lipinski definition) is 2. The minimum atomic E-state index is -0.485. The number of benzene rings is 1. The van der Waals surface area contributed by atoms with Crippen LogP contribution in [0.4, 0.5) is 5.69 Å². The van der Waals surface area contributed by atoms with E-state index in [0.717, 1.165) is 0 Å². The Morgan fingerprint density at radius 2 is 1.87 bits per heavy atom. The van der Waals surface area contributed by atoms with E-state index in [9.17, 15) is 9.59 Å². The van der Waals surface area contributed by atoms with Crippen molar-refractivity contribution in [3.63, 3.8) is 0 Å². The Hall–Kier alpha value is -1.36. The van der Waals surface area contributed by atoms with Gasteiger partial charge in [0, 0.05) is 11.3 Å². The molecule has 1 rings (SSSR count). The summed E-state index contributed by atoms with van der Waals surface area (Å²) in [6.45, 7) is 1.73. The summed E-state index contributed by atoms with van der Waals surface area (Å²) in [6.07, 6.45) is 0. The topological polar surface area (TPSA) is 72.2 Å². The van der Waals surface area contributed by atoms with Gasteiger partial charge >= 0.3 is 0 Å². The highest BCUT2D eigenvalue weighted by Gasteiger charge is 2.08. The van der Waals surface area contributed by atoms with E-state index in [4.69, 9.17) is 5.73 Å². The Bertz CT molecular complexity index is 374. The largest absolute Gasteiger partial charge is 0.366 e. The average molecular weight is 271 g/mol. The van der Waals surface area contributed by atoms with Gasteiger partial charge in [0.05, 0.1) is 4.83 Å². The van der Waals surface area contributed by atoms with Gasteiger partial charge < -0.3 is 11.1 Å². The van der Waals surface area contributed by atoms with Crippen molar-refractivity contribution in [2.75, 3.05) is 5.32 Å². The summed E-state index contributed by atoms with van der Waals surface area (Å²) in [5, 5.41) is 2.67. The molecule has 0 aliphatic rings. The van der Waals surface area contributed by atoms with Crippen LogP contribution in [0.2, 0.25) is 0 Å². The number of amides is 2. The molecule has 0 fully saturated rings. The van der Waals surface area contributed by atoms with Crippen LogP contribution in [0.15, 0.2) is 24.3 Å². The van der Waals surface area contributed by atoms with E-state index in [2.05, 4.69) is 21.2 Å². The van der Waals surface area contributed by atoms with Gasteiger partial charge in [-0.1, -0.05) is 15.9 Å². The van der Waals surface area contributed by atoms with Gasteiger partial charge in [-0.25, -0.2) is 0 Å². The molecule has 1 aromatic rings. The normalized spacial score (nSPS) is 11.9. The molecule has 0 aliphatic carbocycles. The van der Waals surface area contributed by atoms with E-state index in [-0.39, 0.29) is 10.7 Å².